The first-order valence-corrected chi connectivity index (χ1v) is 13.5. The number of nitrogens with two attached hydrogens (primary N) is 1. The summed E-state index contributed by atoms with van der Waals surface area (Å²) < 4.78 is 34.1. The third-order valence-electron chi connectivity index (χ3n) is 8.16. The first-order chi connectivity index (χ1) is 20.0. The van der Waals surface area contributed by atoms with Crippen LogP contribution in [-0.2, 0) is 5.54 Å². The topological polar surface area (TPSA) is 154 Å². The van der Waals surface area contributed by atoms with Gasteiger partial charge in [0.2, 0.25) is 5.88 Å². The number of alkyl halides is 2. The molecule has 6 rings (SSSR count). The average molecular weight is 575 g/mol. The number of benzene rings is 1. The molecule has 0 saturated heterocycles. The van der Waals surface area contributed by atoms with Crippen molar-refractivity contribution in [1.82, 2.24) is 29.9 Å². The van der Waals surface area contributed by atoms with E-state index in [4.69, 9.17) is 10.5 Å². The molecule has 3 N–H and O–H groups in total. The van der Waals surface area contributed by atoms with E-state index in [1.165, 1.54) is 17.1 Å². The minimum absolute atomic E-state index is 0.0434. The molecule has 3 heterocycles. The third-order valence-corrected chi connectivity index (χ3v) is 8.16. The fraction of sp³-hybridized carbons (Fsp3) is 0.379. The molecule has 11 nitrogen and oxygen atoms in total. The number of hydrogen-bond acceptors (Lipinski definition) is 7. The number of nitrogens with one attached hydrogen (secondary N) is 1. The predicted octanol–water partition coefficient (Wildman–Crippen LogP) is 4.17. The van der Waals surface area contributed by atoms with Gasteiger partial charge in [-0.3, -0.25) is 9.59 Å². The molecule has 42 heavy (non-hydrogen) atoms. The Balaban J connectivity index is 1.15. The molecule has 216 valence electrons. The van der Waals surface area contributed by atoms with Crippen LogP contribution in [0.2, 0.25) is 0 Å². The number of primary amides is 1. The van der Waals surface area contributed by atoms with Crippen molar-refractivity contribution >= 4 is 22.7 Å². The van der Waals surface area contributed by atoms with Crippen LogP contribution in [0.1, 0.15) is 66.9 Å². The van der Waals surface area contributed by atoms with Crippen LogP contribution in [0.15, 0.2) is 48.9 Å². The zero-order chi connectivity index (χ0) is 29.8. The molecule has 13 heteroatoms. The lowest BCUT2D eigenvalue weighted by Gasteiger charge is -2.57. The molecule has 2 aliphatic rings. The average Bonchev–Trinajstić information content (AvgIpc) is 3.56. The van der Waals surface area contributed by atoms with E-state index in [-0.39, 0.29) is 40.6 Å². The van der Waals surface area contributed by atoms with Crippen LogP contribution in [0.3, 0.4) is 0 Å². The van der Waals surface area contributed by atoms with Crippen molar-refractivity contribution < 1.29 is 23.1 Å². The Morgan fingerprint density at radius 3 is 2.64 bits per heavy atom. The standard InChI is InChI=1S/C29H28F2N8O3/c1-28(2,15-32)39-22-8-16(17-13-35-38(14-17)27(30)31)5-6-20(22)23(37-39)25(41)36-18-9-29(10-18)11-19(12-29)42-26-21(24(33)40)4-3-7-34-26/h3-8,13-14,18-19,27H,9-12H2,1-2H3,(H2,33,40)(H,36,41). The SMILES string of the molecule is CC(C)(C#N)n1nc(C(=O)NC2CC3(C2)CC(Oc2ncccc2C(N)=O)C3)c2ccc(-c3cnn(C(F)F)c3)cc21. The fourth-order valence-corrected chi connectivity index (χ4v) is 6.02. The zero-order valence-corrected chi connectivity index (χ0v) is 22.9. The van der Waals surface area contributed by atoms with E-state index in [0.717, 1.165) is 25.7 Å². The van der Waals surface area contributed by atoms with E-state index in [9.17, 15) is 23.6 Å². The molecule has 0 bridgehead atoms. The van der Waals surface area contributed by atoms with Gasteiger partial charge in [-0.05, 0) is 74.8 Å². The first kappa shape index (κ1) is 27.3. The molecule has 0 radical (unpaired) electrons. The van der Waals surface area contributed by atoms with Gasteiger partial charge in [0.05, 0.1) is 17.8 Å². The van der Waals surface area contributed by atoms with Crippen molar-refractivity contribution in [3.05, 3.63) is 60.2 Å². The molecular weight excluding hydrogens is 546 g/mol. The zero-order valence-electron chi connectivity index (χ0n) is 22.9. The first-order valence-electron chi connectivity index (χ1n) is 13.5. The molecule has 2 aliphatic carbocycles. The number of carbonyl (C=O) groups excluding carboxylic acids is 2. The highest BCUT2D eigenvalue weighted by Crippen LogP contribution is 2.56. The van der Waals surface area contributed by atoms with Gasteiger partial charge in [0, 0.05) is 29.4 Å². The Labute approximate surface area is 239 Å². The molecule has 0 unspecified atom stereocenters. The molecule has 2 amide bonds. The van der Waals surface area contributed by atoms with Gasteiger partial charge in [-0.1, -0.05) is 6.07 Å². The van der Waals surface area contributed by atoms with Gasteiger partial charge in [0.25, 0.3) is 11.8 Å². The van der Waals surface area contributed by atoms with Crippen LogP contribution in [0.25, 0.3) is 22.0 Å². The summed E-state index contributed by atoms with van der Waals surface area (Å²) in [6, 6.07) is 10.5. The smallest absolute Gasteiger partial charge is 0.333 e. The molecule has 1 aromatic carbocycles. The van der Waals surface area contributed by atoms with Gasteiger partial charge in [0.1, 0.15) is 17.2 Å². The summed E-state index contributed by atoms with van der Waals surface area (Å²) in [6.45, 7) is 0.607. The van der Waals surface area contributed by atoms with E-state index in [1.807, 2.05) is 0 Å². The number of nitrogens with zero attached hydrogens (tertiary/aromatic N) is 6. The maximum Gasteiger partial charge on any atom is 0.333 e. The van der Waals surface area contributed by atoms with Crippen molar-refractivity contribution in [2.24, 2.45) is 11.1 Å². The fourth-order valence-electron chi connectivity index (χ4n) is 6.02. The molecular formula is C29H28F2N8O3. The third kappa shape index (κ3) is 4.72. The maximum absolute atomic E-state index is 13.4. The van der Waals surface area contributed by atoms with Gasteiger partial charge in [0.15, 0.2) is 5.69 Å². The van der Waals surface area contributed by atoms with E-state index in [1.54, 1.807) is 50.4 Å². The molecule has 0 aliphatic heterocycles. The van der Waals surface area contributed by atoms with Gasteiger partial charge in [-0.2, -0.15) is 24.2 Å². The van der Waals surface area contributed by atoms with Crippen LogP contribution < -0.4 is 15.8 Å². The van der Waals surface area contributed by atoms with E-state index in [2.05, 4.69) is 26.6 Å². The van der Waals surface area contributed by atoms with Gasteiger partial charge < -0.3 is 15.8 Å². The van der Waals surface area contributed by atoms with Gasteiger partial charge in [-0.25, -0.2) is 14.3 Å². The van der Waals surface area contributed by atoms with E-state index in [0.29, 0.717) is 26.7 Å². The summed E-state index contributed by atoms with van der Waals surface area (Å²) in [7, 11) is 0. The highest BCUT2D eigenvalue weighted by atomic mass is 19.3. The number of nitriles is 1. The second-order valence-corrected chi connectivity index (χ2v) is 11.6. The minimum atomic E-state index is -2.76. The summed E-state index contributed by atoms with van der Waals surface area (Å²) >= 11 is 0. The van der Waals surface area contributed by atoms with E-state index < -0.39 is 18.0 Å². The minimum Gasteiger partial charge on any atom is -0.474 e. The lowest BCUT2D eigenvalue weighted by Crippen LogP contribution is -2.58. The molecule has 3 aromatic heterocycles. The van der Waals surface area contributed by atoms with Crippen LogP contribution in [0, 0.1) is 16.7 Å². The van der Waals surface area contributed by atoms with Crippen LogP contribution >= 0.6 is 0 Å². The number of hydrogen-bond donors (Lipinski definition) is 2. The predicted molar refractivity (Wildman–Crippen MR) is 146 cm³/mol. The molecule has 1 spiro atoms. The monoisotopic (exact) mass is 574 g/mol. The van der Waals surface area contributed by atoms with Gasteiger partial charge in [-0.15, -0.1) is 0 Å². The Hall–Kier alpha value is -4.86. The van der Waals surface area contributed by atoms with Crippen molar-refractivity contribution in [2.75, 3.05) is 0 Å². The molecule has 0 atom stereocenters. The molecule has 2 fully saturated rings. The number of aromatic nitrogens is 5. The van der Waals surface area contributed by atoms with Crippen molar-refractivity contribution in [2.45, 2.75) is 63.8 Å². The number of fused-ring (bicyclic) bond motifs is 1. The summed E-state index contributed by atoms with van der Waals surface area (Å²) in [4.78, 5) is 29.2. The lowest BCUT2D eigenvalue weighted by molar-refractivity contribution is -0.0848. The number of rotatable bonds is 8. The number of carbonyl (C=O) groups is 2. The highest BCUT2D eigenvalue weighted by molar-refractivity contribution is 6.06. The Morgan fingerprint density at radius 2 is 1.98 bits per heavy atom. The molecule has 4 aromatic rings. The highest BCUT2D eigenvalue weighted by Gasteiger charge is 2.54. The van der Waals surface area contributed by atoms with Crippen molar-refractivity contribution in [3.63, 3.8) is 0 Å². The van der Waals surface area contributed by atoms with Crippen LogP contribution in [0.4, 0.5) is 8.78 Å². The largest absolute Gasteiger partial charge is 0.474 e. The normalized spacial score (nSPS) is 21.5. The van der Waals surface area contributed by atoms with Gasteiger partial charge >= 0.3 is 6.55 Å². The quantitative estimate of drug-likeness (QED) is 0.320. The Bertz CT molecular complexity index is 1740. The van der Waals surface area contributed by atoms with Crippen molar-refractivity contribution in [3.8, 4) is 23.1 Å². The summed E-state index contributed by atoms with van der Waals surface area (Å²) in [5.74, 6) is -0.703. The number of amides is 2. The Kier molecular flexibility index (Phi) is 6.44. The van der Waals surface area contributed by atoms with Crippen LogP contribution in [0.5, 0.6) is 5.88 Å². The van der Waals surface area contributed by atoms with Crippen LogP contribution in [-0.4, -0.2) is 48.5 Å². The maximum atomic E-state index is 13.4. The second kappa shape index (κ2) is 9.90. The number of pyridine rings is 1. The van der Waals surface area contributed by atoms with Crippen molar-refractivity contribution in [1.29, 1.82) is 5.26 Å². The van der Waals surface area contributed by atoms with E-state index >= 15 is 0 Å². The summed E-state index contributed by atoms with van der Waals surface area (Å²) in [6.07, 6.45) is 7.19. The second-order valence-electron chi connectivity index (χ2n) is 11.6. The summed E-state index contributed by atoms with van der Waals surface area (Å²) in [5.41, 5.74) is 6.45. The number of ether oxygens (including phenoxy) is 1. The lowest BCUT2D eigenvalue weighted by atomic mass is 9.53. The number of halogens is 2. The molecule has 2 saturated carbocycles. The summed E-state index contributed by atoms with van der Waals surface area (Å²) in [5, 5.41) is 21.7. The Morgan fingerprint density at radius 1 is 1.21 bits per heavy atom.